The Labute approximate surface area is 184 Å². The molecule has 3 aromatic rings. The summed E-state index contributed by atoms with van der Waals surface area (Å²) < 4.78 is 10.2. The number of nitrogens with zero attached hydrogens (tertiary/aromatic N) is 2. The van der Waals surface area contributed by atoms with Gasteiger partial charge < -0.3 is 19.9 Å². The van der Waals surface area contributed by atoms with Crippen molar-refractivity contribution in [3.63, 3.8) is 0 Å². The molecule has 1 aromatic heterocycles. The van der Waals surface area contributed by atoms with E-state index < -0.39 is 10.7 Å². The van der Waals surface area contributed by atoms with Gasteiger partial charge in [-0.05, 0) is 42.5 Å². The van der Waals surface area contributed by atoms with Gasteiger partial charge >= 0.3 is 5.69 Å². The van der Waals surface area contributed by atoms with Crippen molar-refractivity contribution < 1.29 is 24.3 Å². The number of aliphatic hydroxyl groups is 1. The van der Waals surface area contributed by atoms with Gasteiger partial charge in [0, 0.05) is 40.7 Å². The Bertz CT molecular complexity index is 1180. The van der Waals surface area contributed by atoms with Gasteiger partial charge in [-0.1, -0.05) is 6.07 Å². The number of nitro groups is 1. The van der Waals surface area contributed by atoms with Crippen molar-refractivity contribution in [1.29, 1.82) is 0 Å². The van der Waals surface area contributed by atoms with E-state index >= 15 is 0 Å². The molecule has 1 heterocycles. The van der Waals surface area contributed by atoms with Crippen LogP contribution in [0, 0.1) is 10.1 Å². The Kier molecular flexibility index (Phi) is 7.14. The summed E-state index contributed by atoms with van der Waals surface area (Å²) in [4.78, 5) is 27.5. The number of rotatable bonds is 9. The van der Waals surface area contributed by atoms with E-state index in [4.69, 9.17) is 9.47 Å². The second kappa shape index (κ2) is 10.2. The molecule has 0 radical (unpaired) electrons. The maximum Gasteiger partial charge on any atom is 0.311 e. The van der Waals surface area contributed by atoms with E-state index in [1.807, 2.05) is 0 Å². The van der Waals surface area contributed by atoms with Gasteiger partial charge in [-0.25, -0.2) is 4.98 Å². The van der Waals surface area contributed by atoms with E-state index in [1.54, 1.807) is 42.6 Å². The topological polar surface area (TPSA) is 124 Å². The smallest absolute Gasteiger partial charge is 0.311 e. The molecule has 0 atom stereocenters. The number of anilines is 2. The Morgan fingerprint density at radius 3 is 2.62 bits per heavy atom. The van der Waals surface area contributed by atoms with Gasteiger partial charge in [0.25, 0.3) is 0 Å². The van der Waals surface area contributed by atoms with Crippen molar-refractivity contribution in [2.45, 2.75) is 6.61 Å². The number of ether oxygens (including phenoxy) is 2. The molecule has 3 rings (SSSR count). The van der Waals surface area contributed by atoms with Gasteiger partial charge in [-0.15, -0.1) is 0 Å². The van der Waals surface area contributed by atoms with Crippen molar-refractivity contribution in [1.82, 2.24) is 4.98 Å². The first-order valence-corrected chi connectivity index (χ1v) is 9.51. The molecular formula is C23H21N3O6. The average Bonchev–Trinajstić information content (AvgIpc) is 2.82. The molecule has 0 spiro atoms. The number of aromatic nitrogens is 1. The first-order chi connectivity index (χ1) is 15.5. The lowest BCUT2D eigenvalue weighted by atomic mass is 10.1. The van der Waals surface area contributed by atoms with Crippen LogP contribution in [0.5, 0.6) is 11.5 Å². The van der Waals surface area contributed by atoms with Crippen LogP contribution in [0.4, 0.5) is 17.2 Å². The van der Waals surface area contributed by atoms with Crippen LogP contribution in [0.3, 0.4) is 0 Å². The Morgan fingerprint density at radius 2 is 1.94 bits per heavy atom. The van der Waals surface area contributed by atoms with Gasteiger partial charge in [-0.3, -0.25) is 14.9 Å². The number of pyridine rings is 1. The first kappa shape index (κ1) is 22.4. The SMILES string of the molecule is COc1cc(Nc2ncccc2/C=C/C(=O)c2ccc(OC)c([N+](=O)[O-])c2)ccc1CO. The lowest BCUT2D eigenvalue weighted by molar-refractivity contribution is -0.385. The molecule has 0 saturated heterocycles. The van der Waals surface area contributed by atoms with Crippen LogP contribution < -0.4 is 14.8 Å². The van der Waals surface area contributed by atoms with Crippen molar-refractivity contribution in [3.05, 3.63) is 87.6 Å². The number of aliphatic hydroxyl groups excluding tert-OH is 1. The standard InChI is InChI=1S/C23H21N3O6/c1-31-21-10-7-16(12-19(21)26(29)30)20(28)9-6-15-4-3-11-24-23(15)25-18-8-5-17(14-27)22(13-18)32-2/h3-13,27H,14H2,1-2H3,(H,24,25)/b9-6+. The summed E-state index contributed by atoms with van der Waals surface area (Å²) in [5.74, 6) is 0.703. The van der Waals surface area contributed by atoms with E-state index in [0.29, 0.717) is 28.4 Å². The minimum atomic E-state index is -0.598. The number of carbonyl (C=O) groups is 1. The molecule has 9 heteroatoms. The van der Waals surface area contributed by atoms with Crippen LogP contribution in [0.1, 0.15) is 21.5 Å². The van der Waals surface area contributed by atoms with E-state index in [0.717, 1.165) is 0 Å². The summed E-state index contributed by atoms with van der Waals surface area (Å²) >= 11 is 0. The summed E-state index contributed by atoms with van der Waals surface area (Å²) in [7, 11) is 2.84. The second-order valence-electron chi connectivity index (χ2n) is 6.59. The number of methoxy groups -OCH3 is 2. The normalized spacial score (nSPS) is 10.7. The highest BCUT2D eigenvalue weighted by molar-refractivity contribution is 6.07. The fourth-order valence-corrected chi connectivity index (χ4v) is 2.99. The highest BCUT2D eigenvalue weighted by Crippen LogP contribution is 2.29. The molecule has 0 unspecified atom stereocenters. The van der Waals surface area contributed by atoms with E-state index in [1.165, 1.54) is 38.5 Å². The largest absolute Gasteiger partial charge is 0.496 e. The van der Waals surface area contributed by atoms with Gasteiger partial charge in [0.05, 0.1) is 25.7 Å². The molecule has 2 N–H and O–H groups in total. The number of carbonyl (C=O) groups excluding carboxylic acids is 1. The fraction of sp³-hybridized carbons (Fsp3) is 0.130. The summed E-state index contributed by atoms with van der Waals surface area (Å²) in [5, 5.41) is 23.7. The average molecular weight is 435 g/mol. The van der Waals surface area contributed by atoms with Crippen LogP contribution in [0.15, 0.2) is 60.8 Å². The molecule has 2 aromatic carbocycles. The molecule has 0 amide bonds. The number of hydrogen-bond acceptors (Lipinski definition) is 8. The number of hydrogen-bond donors (Lipinski definition) is 2. The Morgan fingerprint density at radius 1 is 1.16 bits per heavy atom. The maximum absolute atomic E-state index is 12.6. The van der Waals surface area contributed by atoms with Crippen molar-refractivity contribution >= 4 is 29.1 Å². The van der Waals surface area contributed by atoms with Crippen LogP contribution in [0.2, 0.25) is 0 Å². The molecule has 0 bridgehead atoms. The number of nitro benzene ring substituents is 1. The van der Waals surface area contributed by atoms with Gasteiger partial charge in [-0.2, -0.15) is 0 Å². The molecule has 164 valence electrons. The number of nitrogens with one attached hydrogen (secondary N) is 1. The summed E-state index contributed by atoms with van der Waals surface area (Å²) in [6, 6.07) is 12.8. The zero-order chi connectivity index (χ0) is 23.1. The second-order valence-corrected chi connectivity index (χ2v) is 6.59. The quantitative estimate of drug-likeness (QED) is 0.222. The van der Waals surface area contributed by atoms with Crippen molar-refractivity contribution in [3.8, 4) is 11.5 Å². The predicted molar refractivity (Wildman–Crippen MR) is 119 cm³/mol. The van der Waals surface area contributed by atoms with E-state index in [2.05, 4.69) is 10.3 Å². The molecular weight excluding hydrogens is 414 g/mol. The molecule has 0 fully saturated rings. The van der Waals surface area contributed by atoms with E-state index in [9.17, 15) is 20.0 Å². The lowest BCUT2D eigenvalue weighted by Crippen LogP contribution is -2.00. The summed E-state index contributed by atoms with van der Waals surface area (Å²) in [6.45, 7) is -0.146. The monoisotopic (exact) mass is 435 g/mol. The first-order valence-electron chi connectivity index (χ1n) is 9.51. The third-order valence-corrected chi connectivity index (χ3v) is 4.63. The molecule has 9 nitrogen and oxygen atoms in total. The number of allylic oxidation sites excluding steroid dienone is 1. The van der Waals surface area contributed by atoms with Crippen LogP contribution >= 0.6 is 0 Å². The zero-order valence-electron chi connectivity index (χ0n) is 17.4. The van der Waals surface area contributed by atoms with Crippen LogP contribution in [-0.4, -0.2) is 35.0 Å². The van der Waals surface area contributed by atoms with Gasteiger partial charge in [0.1, 0.15) is 11.6 Å². The third-order valence-electron chi connectivity index (χ3n) is 4.63. The molecule has 0 aliphatic heterocycles. The van der Waals surface area contributed by atoms with Gasteiger partial charge in [0.2, 0.25) is 0 Å². The fourth-order valence-electron chi connectivity index (χ4n) is 2.99. The third kappa shape index (κ3) is 5.08. The van der Waals surface area contributed by atoms with E-state index in [-0.39, 0.29) is 23.6 Å². The Balaban J connectivity index is 1.84. The van der Waals surface area contributed by atoms with Crippen molar-refractivity contribution in [2.24, 2.45) is 0 Å². The predicted octanol–water partition coefficient (Wildman–Crippen LogP) is 4.14. The minimum Gasteiger partial charge on any atom is -0.496 e. The minimum absolute atomic E-state index is 0.0805. The summed E-state index contributed by atoms with van der Waals surface area (Å²) in [6.07, 6.45) is 4.50. The van der Waals surface area contributed by atoms with Crippen LogP contribution in [-0.2, 0) is 6.61 Å². The number of ketones is 1. The molecule has 0 aliphatic rings. The maximum atomic E-state index is 12.6. The molecule has 0 aliphatic carbocycles. The van der Waals surface area contributed by atoms with Crippen LogP contribution in [0.25, 0.3) is 6.08 Å². The highest BCUT2D eigenvalue weighted by Gasteiger charge is 2.17. The van der Waals surface area contributed by atoms with Crippen molar-refractivity contribution in [2.75, 3.05) is 19.5 Å². The number of benzene rings is 2. The van der Waals surface area contributed by atoms with Gasteiger partial charge in [0.15, 0.2) is 11.5 Å². The molecule has 0 saturated carbocycles. The molecule has 32 heavy (non-hydrogen) atoms. The Hall–Kier alpha value is -4.24. The summed E-state index contributed by atoms with van der Waals surface area (Å²) in [5.41, 5.74) is 1.85. The highest BCUT2D eigenvalue weighted by atomic mass is 16.6. The zero-order valence-corrected chi connectivity index (χ0v) is 17.4. The lowest BCUT2D eigenvalue weighted by Gasteiger charge is -2.12.